The molecule has 5 nitrogen and oxygen atoms in total. The van der Waals surface area contributed by atoms with E-state index in [0.29, 0.717) is 44.3 Å². The molecule has 0 aliphatic carbocycles. The van der Waals surface area contributed by atoms with Gasteiger partial charge >= 0.3 is 12.4 Å². The first-order chi connectivity index (χ1) is 17.0. The van der Waals surface area contributed by atoms with Gasteiger partial charge in [-0.1, -0.05) is 30.3 Å². The Morgan fingerprint density at radius 3 is 2.28 bits per heavy atom. The number of nitrogens with one attached hydrogen (secondary N) is 2. The van der Waals surface area contributed by atoms with E-state index in [2.05, 4.69) is 15.6 Å². The number of aliphatic imine (C=N–C) groups is 1. The molecule has 2 aliphatic heterocycles. The minimum Gasteiger partial charge on any atom is -0.463 e. The molecule has 0 saturated carbocycles. The van der Waals surface area contributed by atoms with Gasteiger partial charge in [-0.3, -0.25) is 0 Å². The molecule has 11 heteroatoms. The topological polar surface area (TPSA) is 54.9 Å². The number of piperidine rings is 1. The summed E-state index contributed by atoms with van der Waals surface area (Å²) in [4.78, 5) is 4.24. The van der Waals surface area contributed by atoms with E-state index in [1.807, 2.05) is 30.3 Å². The summed E-state index contributed by atoms with van der Waals surface area (Å²) in [5.74, 6) is 0. The quantitative estimate of drug-likeness (QED) is 0.505. The van der Waals surface area contributed by atoms with Gasteiger partial charge < -0.3 is 20.1 Å². The van der Waals surface area contributed by atoms with E-state index in [0.717, 1.165) is 12.0 Å². The summed E-state index contributed by atoms with van der Waals surface area (Å²) in [6.07, 6.45) is -9.50. The number of halogens is 6. The zero-order valence-corrected chi connectivity index (χ0v) is 19.5. The molecule has 2 aliphatic rings. The Labute approximate surface area is 204 Å². The Morgan fingerprint density at radius 2 is 1.75 bits per heavy atom. The summed E-state index contributed by atoms with van der Waals surface area (Å²) in [7, 11) is 0. The Bertz CT molecular complexity index is 1030. The Hall–Kier alpha value is -2.79. The average molecular weight is 515 g/mol. The van der Waals surface area contributed by atoms with E-state index in [1.165, 1.54) is 6.92 Å². The summed E-state index contributed by atoms with van der Waals surface area (Å²) in [6.45, 7) is 3.19. The lowest BCUT2D eigenvalue weighted by atomic mass is 9.81. The van der Waals surface area contributed by atoms with Crippen molar-refractivity contribution in [2.75, 3.05) is 26.3 Å². The smallest absolute Gasteiger partial charge is 0.416 e. The van der Waals surface area contributed by atoms with Crippen LogP contribution in [0.3, 0.4) is 0 Å². The highest BCUT2D eigenvalue weighted by Gasteiger charge is 2.39. The van der Waals surface area contributed by atoms with Crippen molar-refractivity contribution in [3.8, 4) is 0 Å². The maximum Gasteiger partial charge on any atom is 0.416 e. The van der Waals surface area contributed by atoms with Gasteiger partial charge in [-0.05, 0) is 49.1 Å². The molecule has 2 aromatic carbocycles. The van der Waals surface area contributed by atoms with Crippen molar-refractivity contribution < 1.29 is 35.8 Å². The lowest BCUT2D eigenvalue weighted by Gasteiger charge is -2.42. The number of ether oxygens (including phenoxy) is 2. The van der Waals surface area contributed by atoms with Gasteiger partial charge in [0, 0.05) is 12.6 Å². The maximum absolute atomic E-state index is 13.3. The van der Waals surface area contributed by atoms with Gasteiger partial charge in [0.25, 0.3) is 6.02 Å². The predicted molar refractivity (Wildman–Crippen MR) is 121 cm³/mol. The Balaban J connectivity index is 1.52. The van der Waals surface area contributed by atoms with Crippen molar-refractivity contribution >= 4 is 6.02 Å². The van der Waals surface area contributed by atoms with Crippen LogP contribution in [0.5, 0.6) is 0 Å². The van der Waals surface area contributed by atoms with Crippen LogP contribution in [0, 0.1) is 0 Å². The van der Waals surface area contributed by atoms with Gasteiger partial charge in [0.15, 0.2) is 0 Å². The van der Waals surface area contributed by atoms with E-state index in [9.17, 15) is 26.3 Å². The molecule has 4 rings (SSSR count). The molecule has 196 valence electrons. The molecule has 3 atom stereocenters. The molecule has 1 unspecified atom stereocenters. The van der Waals surface area contributed by atoms with Crippen LogP contribution >= 0.6 is 0 Å². The standard InChI is InChI=1S/C25H27F6N3O2/c1-16(17-11-19(24(26,27)28)13-20(12-17)25(29,30)31)36-15-23(18-5-3-2-4-6-18)8-7-21(14-33-23)34-22-32-9-10-35-22/h2-6,11-13,16,21,33H,7-10,14-15H2,1H3,(H,32,34)/t16?,21-,23+/m0/s1. The van der Waals surface area contributed by atoms with Crippen molar-refractivity contribution in [1.29, 1.82) is 0 Å². The van der Waals surface area contributed by atoms with Crippen LogP contribution in [0.1, 0.15) is 48.1 Å². The van der Waals surface area contributed by atoms with Crippen molar-refractivity contribution in [3.63, 3.8) is 0 Å². The van der Waals surface area contributed by atoms with Crippen LogP contribution in [0.15, 0.2) is 53.5 Å². The van der Waals surface area contributed by atoms with Gasteiger partial charge in [0.2, 0.25) is 0 Å². The fraction of sp³-hybridized carbons (Fsp3) is 0.480. The van der Waals surface area contributed by atoms with Crippen molar-refractivity contribution in [1.82, 2.24) is 10.6 Å². The van der Waals surface area contributed by atoms with Crippen molar-refractivity contribution in [3.05, 3.63) is 70.8 Å². The molecule has 0 aromatic heterocycles. The number of alkyl halides is 6. The molecule has 0 spiro atoms. The van der Waals surface area contributed by atoms with Gasteiger partial charge in [-0.2, -0.15) is 26.3 Å². The highest BCUT2D eigenvalue weighted by atomic mass is 19.4. The zero-order valence-electron chi connectivity index (χ0n) is 19.5. The van der Waals surface area contributed by atoms with Crippen LogP contribution in [-0.4, -0.2) is 38.4 Å². The fourth-order valence-electron chi connectivity index (χ4n) is 4.44. The largest absolute Gasteiger partial charge is 0.463 e. The third-order valence-corrected chi connectivity index (χ3v) is 6.51. The minimum atomic E-state index is -4.92. The normalized spacial score (nSPS) is 23.6. The first-order valence-corrected chi connectivity index (χ1v) is 11.6. The second kappa shape index (κ2) is 10.3. The molecule has 36 heavy (non-hydrogen) atoms. The second-order valence-electron chi connectivity index (χ2n) is 9.04. The molecule has 2 heterocycles. The summed E-state index contributed by atoms with van der Waals surface area (Å²) >= 11 is 0. The summed E-state index contributed by atoms with van der Waals surface area (Å²) in [5.41, 5.74) is -2.65. The SMILES string of the molecule is CC(OC[C@@]1(c2ccccc2)CC[C@H](NC2=NCCO2)CN1)c1cc(C(F)(F)F)cc(C(F)(F)F)c1. The maximum atomic E-state index is 13.3. The molecular weight excluding hydrogens is 488 g/mol. The van der Waals surface area contributed by atoms with E-state index in [4.69, 9.17) is 9.47 Å². The monoisotopic (exact) mass is 515 g/mol. The molecular formula is C25H27F6N3O2. The number of benzene rings is 2. The summed E-state index contributed by atoms with van der Waals surface area (Å²) in [6, 6.07) is 11.6. The van der Waals surface area contributed by atoms with Crippen LogP contribution in [0.4, 0.5) is 26.3 Å². The highest BCUT2D eigenvalue weighted by Crippen LogP contribution is 2.39. The number of amidine groups is 1. The number of rotatable bonds is 6. The van der Waals surface area contributed by atoms with Gasteiger partial charge in [0.05, 0.1) is 35.9 Å². The highest BCUT2D eigenvalue weighted by molar-refractivity contribution is 5.75. The van der Waals surface area contributed by atoms with Crippen LogP contribution < -0.4 is 10.6 Å². The third kappa shape index (κ3) is 6.12. The third-order valence-electron chi connectivity index (χ3n) is 6.51. The van der Waals surface area contributed by atoms with E-state index < -0.39 is 35.1 Å². The van der Waals surface area contributed by atoms with E-state index in [-0.39, 0.29) is 24.3 Å². The predicted octanol–water partition coefficient (Wildman–Crippen LogP) is 5.43. The first-order valence-electron chi connectivity index (χ1n) is 11.6. The molecule has 0 radical (unpaired) electrons. The van der Waals surface area contributed by atoms with Gasteiger partial charge in [-0.15, -0.1) is 0 Å². The summed E-state index contributed by atoms with van der Waals surface area (Å²) < 4.78 is 91.2. The zero-order chi connectivity index (χ0) is 26.0. The lowest BCUT2D eigenvalue weighted by Crippen LogP contribution is -2.57. The molecule has 1 saturated heterocycles. The molecule has 2 N–H and O–H groups in total. The van der Waals surface area contributed by atoms with Gasteiger partial charge in [0.1, 0.15) is 6.61 Å². The van der Waals surface area contributed by atoms with Crippen LogP contribution in [-0.2, 0) is 27.4 Å². The minimum absolute atomic E-state index is 0.0499. The second-order valence-corrected chi connectivity index (χ2v) is 9.04. The fourth-order valence-corrected chi connectivity index (χ4v) is 4.44. The Kier molecular flexibility index (Phi) is 7.51. The van der Waals surface area contributed by atoms with Crippen molar-refractivity contribution in [2.45, 2.75) is 49.8 Å². The number of hydrogen-bond acceptors (Lipinski definition) is 5. The lowest BCUT2D eigenvalue weighted by molar-refractivity contribution is -0.143. The molecule has 0 bridgehead atoms. The van der Waals surface area contributed by atoms with Gasteiger partial charge in [-0.25, -0.2) is 4.99 Å². The number of hydrogen-bond donors (Lipinski definition) is 2. The van der Waals surface area contributed by atoms with E-state index >= 15 is 0 Å². The number of nitrogens with zero attached hydrogens (tertiary/aromatic N) is 1. The van der Waals surface area contributed by atoms with E-state index in [1.54, 1.807) is 0 Å². The first kappa shape index (κ1) is 26.3. The molecule has 2 aromatic rings. The average Bonchev–Trinajstić information content (AvgIpc) is 3.36. The Morgan fingerprint density at radius 1 is 1.08 bits per heavy atom. The van der Waals surface area contributed by atoms with Crippen LogP contribution in [0.2, 0.25) is 0 Å². The molecule has 0 amide bonds. The van der Waals surface area contributed by atoms with Crippen LogP contribution in [0.25, 0.3) is 0 Å². The van der Waals surface area contributed by atoms with Crippen molar-refractivity contribution in [2.24, 2.45) is 4.99 Å². The summed E-state index contributed by atoms with van der Waals surface area (Å²) in [5, 5.41) is 6.74. The molecule has 1 fully saturated rings.